The number of aromatic nitrogens is 2. The van der Waals surface area contributed by atoms with E-state index in [1.807, 2.05) is 27.0 Å². The smallest absolute Gasteiger partial charge is 0.135 e. The molecule has 126 valence electrons. The van der Waals surface area contributed by atoms with Gasteiger partial charge in [-0.05, 0) is 30.4 Å². The first-order valence-electron chi connectivity index (χ1n) is 8.77. The molecule has 0 spiro atoms. The fraction of sp³-hybridized carbons (Fsp3) is 0.556. The van der Waals surface area contributed by atoms with E-state index in [1.54, 1.807) is 6.20 Å². The Balaban J connectivity index is 0.000000336. The zero-order valence-corrected chi connectivity index (χ0v) is 14.6. The molecule has 2 aromatic rings. The highest BCUT2D eigenvalue weighted by Crippen LogP contribution is 2.27. The molecule has 3 heterocycles. The van der Waals surface area contributed by atoms with Crippen LogP contribution in [0.15, 0.2) is 18.3 Å². The first-order chi connectivity index (χ1) is 11.3. The maximum Gasteiger partial charge on any atom is 0.135 e. The highest BCUT2D eigenvalue weighted by atomic mass is 15.2. The van der Waals surface area contributed by atoms with Gasteiger partial charge < -0.3 is 16.0 Å². The molecule has 0 radical (unpaired) electrons. The van der Waals surface area contributed by atoms with E-state index >= 15 is 0 Å². The van der Waals surface area contributed by atoms with E-state index in [-0.39, 0.29) is 0 Å². The topological polar surface area (TPSA) is 67.1 Å². The Bertz CT molecular complexity index is 615. The molecule has 3 N–H and O–H groups in total. The van der Waals surface area contributed by atoms with Crippen molar-refractivity contribution in [3.8, 4) is 0 Å². The largest absolute Gasteiger partial charge is 0.383 e. The van der Waals surface area contributed by atoms with Gasteiger partial charge >= 0.3 is 0 Å². The Morgan fingerprint density at radius 1 is 1.04 bits per heavy atom. The summed E-state index contributed by atoms with van der Waals surface area (Å²) in [6, 6.07) is 4.10. The van der Waals surface area contributed by atoms with Gasteiger partial charge in [-0.1, -0.05) is 33.1 Å². The normalized spacial score (nSPS) is 15.3. The van der Waals surface area contributed by atoms with Crippen LogP contribution in [0, 0.1) is 0 Å². The molecule has 0 amide bonds. The first kappa shape index (κ1) is 17.3. The quantitative estimate of drug-likeness (QED) is 0.875. The Kier molecular flexibility index (Phi) is 6.44. The number of nitrogen functional groups attached to an aromatic ring is 1. The van der Waals surface area contributed by atoms with Crippen molar-refractivity contribution in [2.45, 2.75) is 46.0 Å². The van der Waals surface area contributed by atoms with Crippen LogP contribution >= 0.6 is 0 Å². The Hall–Kier alpha value is -2.04. The van der Waals surface area contributed by atoms with E-state index in [2.05, 4.69) is 26.3 Å². The van der Waals surface area contributed by atoms with Gasteiger partial charge in [0.1, 0.15) is 17.5 Å². The number of nitrogens with zero attached hydrogens (tertiary/aromatic N) is 3. The molecule has 23 heavy (non-hydrogen) atoms. The minimum Gasteiger partial charge on any atom is -0.383 e. The van der Waals surface area contributed by atoms with Crippen LogP contribution in [0.3, 0.4) is 0 Å². The molecular weight excluding hydrogens is 286 g/mol. The minimum atomic E-state index is 0.560. The molecule has 5 heteroatoms. The summed E-state index contributed by atoms with van der Waals surface area (Å²) in [6.07, 6.45) is 8.74. The van der Waals surface area contributed by atoms with Gasteiger partial charge in [0.15, 0.2) is 0 Å². The number of nitrogens with two attached hydrogens (primary N) is 1. The van der Waals surface area contributed by atoms with Crippen molar-refractivity contribution in [1.29, 1.82) is 0 Å². The van der Waals surface area contributed by atoms with E-state index in [0.29, 0.717) is 5.82 Å². The number of anilines is 3. The Morgan fingerprint density at radius 3 is 2.26 bits per heavy atom. The van der Waals surface area contributed by atoms with Crippen molar-refractivity contribution in [3.05, 3.63) is 18.3 Å². The molecule has 1 saturated heterocycles. The predicted molar refractivity (Wildman–Crippen MR) is 100 cm³/mol. The highest BCUT2D eigenvalue weighted by molar-refractivity contribution is 5.93. The Labute approximate surface area is 139 Å². The monoisotopic (exact) mass is 315 g/mol. The molecule has 1 aliphatic heterocycles. The van der Waals surface area contributed by atoms with Gasteiger partial charge in [0.2, 0.25) is 0 Å². The third kappa shape index (κ3) is 4.71. The van der Waals surface area contributed by atoms with Gasteiger partial charge in [-0.25, -0.2) is 9.97 Å². The molecule has 0 bridgehead atoms. The second-order valence-electron chi connectivity index (χ2n) is 5.66. The second kappa shape index (κ2) is 8.56. The van der Waals surface area contributed by atoms with Crippen LogP contribution in [0.2, 0.25) is 0 Å². The summed E-state index contributed by atoms with van der Waals surface area (Å²) >= 11 is 0. The molecule has 1 saturated carbocycles. The summed E-state index contributed by atoms with van der Waals surface area (Å²) in [7, 11) is 1.86. The van der Waals surface area contributed by atoms with E-state index in [4.69, 9.17) is 5.73 Å². The summed E-state index contributed by atoms with van der Waals surface area (Å²) in [5.41, 5.74) is 6.02. The van der Waals surface area contributed by atoms with E-state index in [9.17, 15) is 0 Å². The second-order valence-corrected chi connectivity index (χ2v) is 5.66. The van der Waals surface area contributed by atoms with Crippen molar-refractivity contribution in [1.82, 2.24) is 9.97 Å². The van der Waals surface area contributed by atoms with Crippen LogP contribution in [-0.2, 0) is 0 Å². The molecule has 2 aromatic heterocycles. The molecule has 1 aliphatic carbocycles. The van der Waals surface area contributed by atoms with E-state index in [0.717, 1.165) is 35.5 Å². The highest BCUT2D eigenvalue weighted by Gasteiger charge is 2.15. The molecular formula is C18H29N5. The van der Waals surface area contributed by atoms with Gasteiger partial charge in [-0.15, -0.1) is 0 Å². The number of pyridine rings is 2. The lowest BCUT2D eigenvalue weighted by molar-refractivity contribution is 0.942. The van der Waals surface area contributed by atoms with Crippen molar-refractivity contribution in [2.75, 3.05) is 36.1 Å². The molecule has 0 aromatic carbocycles. The van der Waals surface area contributed by atoms with Gasteiger partial charge in [-0.2, -0.15) is 0 Å². The number of rotatable bonds is 2. The molecule has 0 atom stereocenters. The van der Waals surface area contributed by atoms with Gasteiger partial charge in [0.25, 0.3) is 0 Å². The van der Waals surface area contributed by atoms with Gasteiger partial charge in [0, 0.05) is 31.7 Å². The molecule has 5 nitrogen and oxygen atoms in total. The van der Waals surface area contributed by atoms with Crippen LogP contribution < -0.4 is 16.0 Å². The lowest BCUT2D eigenvalue weighted by Gasteiger charge is -2.17. The first-order valence-corrected chi connectivity index (χ1v) is 8.77. The van der Waals surface area contributed by atoms with E-state index in [1.165, 1.54) is 32.1 Å². The third-order valence-electron chi connectivity index (χ3n) is 3.77. The van der Waals surface area contributed by atoms with Crippen molar-refractivity contribution in [2.24, 2.45) is 0 Å². The number of hydrogen-bond acceptors (Lipinski definition) is 5. The Morgan fingerprint density at radius 2 is 1.70 bits per heavy atom. The van der Waals surface area contributed by atoms with Crippen LogP contribution in [0.1, 0.15) is 46.0 Å². The number of hydrogen-bond donors (Lipinski definition) is 2. The SMILES string of the molecule is C1CC1.CC.CNc1cc2cc(N3CCCC3)nc(N)c2cn1. The van der Waals surface area contributed by atoms with Crippen molar-refractivity contribution < 1.29 is 0 Å². The lowest BCUT2D eigenvalue weighted by Crippen LogP contribution is -2.19. The maximum atomic E-state index is 6.02. The minimum absolute atomic E-state index is 0.560. The predicted octanol–water partition coefficient (Wildman–Crippen LogP) is 4.05. The van der Waals surface area contributed by atoms with Crippen LogP contribution in [0.4, 0.5) is 17.5 Å². The third-order valence-corrected chi connectivity index (χ3v) is 3.77. The average molecular weight is 315 g/mol. The lowest BCUT2D eigenvalue weighted by atomic mass is 10.2. The summed E-state index contributed by atoms with van der Waals surface area (Å²) in [5, 5.41) is 5.04. The van der Waals surface area contributed by atoms with Crippen molar-refractivity contribution in [3.63, 3.8) is 0 Å². The molecule has 0 unspecified atom stereocenters. The summed E-state index contributed by atoms with van der Waals surface area (Å²) in [5.74, 6) is 2.38. The van der Waals surface area contributed by atoms with E-state index < -0.39 is 0 Å². The van der Waals surface area contributed by atoms with Crippen LogP contribution in [0.25, 0.3) is 10.8 Å². The molecule has 2 fully saturated rings. The fourth-order valence-electron chi connectivity index (χ4n) is 2.40. The summed E-state index contributed by atoms with van der Waals surface area (Å²) < 4.78 is 0. The summed E-state index contributed by atoms with van der Waals surface area (Å²) in [6.45, 7) is 6.14. The standard InChI is InChI=1S/C13H17N5.C3H6.C2H6/c1-15-11-6-9-7-12(18-4-2-3-5-18)17-13(14)10(9)8-16-11;1-2-3-1;1-2/h6-8H,2-5H2,1H3,(H2,14,17)(H,15,16);1-3H2;1-2H3. The van der Waals surface area contributed by atoms with Crippen LogP contribution in [0.5, 0.6) is 0 Å². The fourth-order valence-corrected chi connectivity index (χ4v) is 2.40. The zero-order chi connectivity index (χ0) is 16.7. The van der Waals surface area contributed by atoms with Gasteiger partial charge in [0.05, 0.1) is 0 Å². The average Bonchev–Trinajstić information content (AvgIpc) is 3.39. The molecule has 2 aliphatic rings. The number of nitrogens with one attached hydrogen (secondary N) is 1. The molecule has 4 rings (SSSR count). The maximum absolute atomic E-state index is 6.02. The van der Waals surface area contributed by atoms with Crippen molar-refractivity contribution >= 4 is 28.2 Å². The summed E-state index contributed by atoms with van der Waals surface area (Å²) in [4.78, 5) is 11.0. The zero-order valence-electron chi connectivity index (χ0n) is 14.6. The number of fused-ring (bicyclic) bond motifs is 1. The van der Waals surface area contributed by atoms with Gasteiger partial charge in [-0.3, -0.25) is 0 Å². The van der Waals surface area contributed by atoms with Crippen LogP contribution in [-0.4, -0.2) is 30.1 Å².